The van der Waals surface area contributed by atoms with E-state index in [1.54, 1.807) is 48.7 Å². The minimum Gasteiger partial charge on any atom is -0.457 e. The fourth-order valence-corrected chi connectivity index (χ4v) is 3.43. The van der Waals surface area contributed by atoms with Crippen LogP contribution in [-0.2, 0) is 17.1 Å². The number of pyridine rings is 1. The number of nitrogens with zero attached hydrogens (tertiary/aromatic N) is 3. The molecular weight excluding hydrogens is 370 g/mol. The number of esters is 1. The van der Waals surface area contributed by atoms with E-state index in [0.29, 0.717) is 27.5 Å². The summed E-state index contributed by atoms with van der Waals surface area (Å²) in [5.74, 6) is 0.112. The first kappa shape index (κ1) is 19.2. The van der Waals surface area contributed by atoms with Gasteiger partial charge in [0.05, 0.1) is 28.8 Å². The van der Waals surface area contributed by atoms with Gasteiger partial charge in [0, 0.05) is 11.9 Å². The van der Waals surface area contributed by atoms with Gasteiger partial charge in [0.2, 0.25) is 0 Å². The molecule has 2 aromatic carbocycles. The summed E-state index contributed by atoms with van der Waals surface area (Å²) in [5, 5.41) is 18.5. The summed E-state index contributed by atoms with van der Waals surface area (Å²) in [4.78, 5) is 16.8. The Morgan fingerprint density at radius 1 is 0.964 bits per heavy atom. The van der Waals surface area contributed by atoms with Gasteiger partial charge in [0.25, 0.3) is 0 Å². The van der Waals surface area contributed by atoms with E-state index in [2.05, 4.69) is 17.1 Å². The zero-order valence-corrected chi connectivity index (χ0v) is 15.6. The lowest BCUT2D eigenvalue weighted by molar-refractivity contribution is 0.0467. The number of aromatic nitrogens is 1. The van der Waals surface area contributed by atoms with Gasteiger partial charge in [0.15, 0.2) is 0 Å². The van der Waals surface area contributed by atoms with Crippen LogP contribution in [0.15, 0.2) is 71.9 Å². The molecule has 3 aromatic rings. The topological polar surface area (TPSA) is 86.8 Å². The van der Waals surface area contributed by atoms with Crippen molar-refractivity contribution in [2.75, 3.05) is 0 Å². The normalized spacial score (nSPS) is 9.93. The summed E-state index contributed by atoms with van der Waals surface area (Å²) in [6.07, 6.45) is 1.63. The fourth-order valence-electron chi connectivity index (χ4n) is 2.50. The van der Waals surface area contributed by atoms with Crippen molar-refractivity contribution in [3.8, 4) is 12.1 Å². The van der Waals surface area contributed by atoms with E-state index in [1.165, 1.54) is 11.8 Å². The van der Waals surface area contributed by atoms with Crippen LogP contribution in [0.4, 0.5) is 0 Å². The average Bonchev–Trinajstić information content (AvgIpc) is 2.76. The van der Waals surface area contributed by atoms with Crippen molar-refractivity contribution < 1.29 is 9.53 Å². The third-order valence-corrected chi connectivity index (χ3v) is 4.93. The third kappa shape index (κ3) is 4.97. The Morgan fingerprint density at radius 3 is 2.36 bits per heavy atom. The summed E-state index contributed by atoms with van der Waals surface area (Å²) in [6.45, 7) is 0.0809. The van der Waals surface area contributed by atoms with Crippen molar-refractivity contribution in [1.29, 1.82) is 10.5 Å². The Hall–Kier alpha value is -3.61. The molecule has 28 heavy (non-hydrogen) atoms. The predicted molar refractivity (Wildman–Crippen MR) is 105 cm³/mol. The first-order valence-electron chi connectivity index (χ1n) is 8.42. The molecule has 3 rings (SSSR count). The average molecular weight is 385 g/mol. The molecule has 1 aromatic heterocycles. The highest BCUT2D eigenvalue weighted by molar-refractivity contribution is 7.98. The maximum atomic E-state index is 12.5. The van der Waals surface area contributed by atoms with E-state index in [-0.39, 0.29) is 6.61 Å². The quantitative estimate of drug-likeness (QED) is 0.459. The molecule has 0 N–H and O–H groups in total. The van der Waals surface area contributed by atoms with Crippen molar-refractivity contribution in [3.63, 3.8) is 0 Å². The minimum atomic E-state index is -0.469. The molecule has 136 valence electrons. The van der Waals surface area contributed by atoms with Crippen molar-refractivity contribution in [3.05, 3.63) is 94.7 Å². The highest BCUT2D eigenvalue weighted by Gasteiger charge is 2.14. The molecule has 0 spiro atoms. The van der Waals surface area contributed by atoms with Crippen LogP contribution in [0.2, 0.25) is 0 Å². The van der Waals surface area contributed by atoms with Gasteiger partial charge in [0.1, 0.15) is 11.6 Å². The van der Waals surface area contributed by atoms with E-state index in [0.717, 1.165) is 11.1 Å². The molecule has 0 aliphatic rings. The molecular formula is C22H15N3O2S. The van der Waals surface area contributed by atoms with Gasteiger partial charge in [-0.3, -0.25) is 0 Å². The molecule has 0 aliphatic heterocycles. The largest absolute Gasteiger partial charge is 0.457 e. The molecule has 1 heterocycles. The van der Waals surface area contributed by atoms with Crippen molar-refractivity contribution in [1.82, 2.24) is 4.98 Å². The Labute approximate surface area is 167 Å². The molecule has 0 unspecified atom stereocenters. The Bertz CT molecular complexity index is 1080. The Kier molecular flexibility index (Phi) is 6.41. The minimum absolute atomic E-state index is 0.0809. The van der Waals surface area contributed by atoms with Crippen LogP contribution >= 0.6 is 11.8 Å². The number of rotatable bonds is 6. The van der Waals surface area contributed by atoms with Gasteiger partial charge >= 0.3 is 5.97 Å². The SMILES string of the molecule is N#Cc1cccc(COC(=O)c2cccnc2SCc2cccc(C#N)c2)c1. The standard InChI is InChI=1S/C22H15N3O2S/c23-12-16-4-1-6-18(10-16)14-27-22(26)20-8-3-9-25-21(20)28-15-19-7-2-5-17(11-19)13-24/h1-11H,14-15H2. The second kappa shape index (κ2) is 9.36. The number of benzene rings is 2. The molecule has 0 atom stereocenters. The van der Waals surface area contributed by atoms with Gasteiger partial charge in [-0.25, -0.2) is 9.78 Å². The van der Waals surface area contributed by atoms with Gasteiger partial charge in [-0.1, -0.05) is 24.3 Å². The summed E-state index contributed by atoms with van der Waals surface area (Å²) in [7, 11) is 0. The van der Waals surface area contributed by atoms with Crippen LogP contribution < -0.4 is 0 Å². The lowest BCUT2D eigenvalue weighted by Gasteiger charge is -2.09. The summed E-state index contributed by atoms with van der Waals surface area (Å²) < 4.78 is 5.40. The van der Waals surface area contributed by atoms with Gasteiger partial charge in [-0.15, -0.1) is 11.8 Å². The highest BCUT2D eigenvalue weighted by Crippen LogP contribution is 2.25. The summed E-state index contributed by atoms with van der Waals surface area (Å²) in [6, 6.07) is 21.8. The number of carbonyl (C=O) groups excluding carboxylic acids is 1. The number of thioether (sulfide) groups is 1. The predicted octanol–water partition coefficient (Wildman–Crippen LogP) is 4.47. The first-order chi connectivity index (χ1) is 13.7. The second-order valence-corrected chi connectivity index (χ2v) is 6.81. The Balaban J connectivity index is 1.68. The van der Waals surface area contributed by atoms with Crippen LogP contribution in [0.1, 0.15) is 32.6 Å². The third-order valence-electron chi connectivity index (χ3n) is 3.85. The molecule has 0 saturated carbocycles. The summed E-state index contributed by atoms with van der Waals surface area (Å²) in [5.41, 5.74) is 3.23. The smallest absolute Gasteiger partial charge is 0.341 e. The fraction of sp³-hybridized carbons (Fsp3) is 0.0909. The van der Waals surface area contributed by atoms with E-state index < -0.39 is 5.97 Å². The molecule has 0 saturated heterocycles. The van der Waals surface area contributed by atoms with E-state index in [1.807, 2.05) is 18.2 Å². The van der Waals surface area contributed by atoms with Crippen LogP contribution in [0.5, 0.6) is 0 Å². The second-order valence-electron chi connectivity index (χ2n) is 5.85. The molecule has 0 radical (unpaired) electrons. The monoisotopic (exact) mass is 385 g/mol. The van der Waals surface area contributed by atoms with Gasteiger partial charge in [-0.2, -0.15) is 10.5 Å². The first-order valence-corrected chi connectivity index (χ1v) is 9.41. The van der Waals surface area contributed by atoms with E-state index >= 15 is 0 Å². The van der Waals surface area contributed by atoms with Gasteiger partial charge in [-0.05, 0) is 47.5 Å². The molecule has 0 amide bonds. The maximum Gasteiger partial charge on any atom is 0.341 e. The number of hydrogen-bond donors (Lipinski definition) is 0. The van der Waals surface area contributed by atoms with Gasteiger partial charge < -0.3 is 4.74 Å². The Morgan fingerprint density at radius 2 is 1.64 bits per heavy atom. The summed E-state index contributed by atoms with van der Waals surface area (Å²) >= 11 is 1.41. The molecule has 0 aliphatic carbocycles. The molecule has 0 bridgehead atoms. The van der Waals surface area contributed by atoms with Crippen LogP contribution in [0.25, 0.3) is 0 Å². The van der Waals surface area contributed by atoms with Crippen molar-refractivity contribution >= 4 is 17.7 Å². The lowest BCUT2D eigenvalue weighted by Crippen LogP contribution is -2.07. The highest BCUT2D eigenvalue weighted by atomic mass is 32.2. The number of hydrogen-bond acceptors (Lipinski definition) is 6. The zero-order valence-electron chi connectivity index (χ0n) is 14.8. The van der Waals surface area contributed by atoms with Crippen molar-refractivity contribution in [2.24, 2.45) is 0 Å². The maximum absolute atomic E-state index is 12.5. The lowest BCUT2D eigenvalue weighted by atomic mass is 10.1. The van der Waals surface area contributed by atoms with Crippen LogP contribution in [0, 0.1) is 22.7 Å². The van der Waals surface area contributed by atoms with E-state index in [4.69, 9.17) is 15.3 Å². The van der Waals surface area contributed by atoms with Crippen LogP contribution in [0.3, 0.4) is 0 Å². The van der Waals surface area contributed by atoms with E-state index in [9.17, 15) is 4.79 Å². The number of nitriles is 2. The molecule has 5 nitrogen and oxygen atoms in total. The van der Waals surface area contributed by atoms with Crippen molar-refractivity contribution in [2.45, 2.75) is 17.4 Å². The van der Waals surface area contributed by atoms with Crippen LogP contribution in [-0.4, -0.2) is 11.0 Å². The molecule has 0 fully saturated rings. The number of carbonyl (C=O) groups is 1. The zero-order chi connectivity index (χ0) is 19.8. The molecule has 6 heteroatoms. The number of ether oxygens (including phenoxy) is 1.